The van der Waals surface area contributed by atoms with E-state index < -0.39 is 0 Å². The van der Waals surface area contributed by atoms with E-state index in [9.17, 15) is 0 Å². The lowest BCUT2D eigenvalue weighted by atomic mass is 10.2. The lowest BCUT2D eigenvalue weighted by Gasteiger charge is -2.01. The molecule has 0 aliphatic heterocycles. The minimum atomic E-state index is 0.741. The van der Waals surface area contributed by atoms with Crippen LogP contribution in [0.4, 0.5) is 0 Å². The third-order valence-corrected chi connectivity index (χ3v) is 3.36. The van der Waals surface area contributed by atoms with Crippen molar-refractivity contribution in [1.29, 1.82) is 0 Å². The fourth-order valence-corrected chi connectivity index (χ4v) is 2.16. The van der Waals surface area contributed by atoms with Gasteiger partial charge >= 0.3 is 0 Å². The molecule has 0 bridgehead atoms. The van der Waals surface area contributed by atoms with E-state index in [0.29, 0.717) is 0 Å². The van der Waals surface area contributed by atoms with Crippen molar-refractivity contribution >= 4 is 0 Å². The van der Waals surface area contributed by atoms with Gasteiger partial charge in [-0.15, -0.1) is 0 Å². The van der Waals surface area contributed by atoms with E-state index >= 15 is 0 Å². The zero-order valence-corrected chi connectivity index (χ0v) is 11.9. The Morgan fingerprint density at radius 1 is 1.00 bits per heavy atom. The molecule has 3 aromatic rings. The van der Waals surface area contributed by atoms with Crippen LogP contribution in [0.25, 0.3) is 11.4 Å². The van der Waals surface area contributed by atoms with Crippen molar-refractivity contribution < 1.29 is 4.74 Å². The summed E-state index contributed by atoms with van der Waals surface area (Å²) in [5.74, 6) is 1.58. The maximum absolute atomic E-state index is 5.15. The fourth-order valence-electron chi connectivity index (χ4n) is 2.16. The van der Waals surface area contributed by atoms with Gasteiger partial charge in [0.25, 0.3) is 0 Å². The second-order valence-electron chi connectivity index (χ2n) is 4.80. The van der Waals surface area contributed by atoms with Crippen LogP contribution in [0.1, 0.15) is 5.56 Å². The molecule has 21 heavy (non-hydrogen) atoms. The molecule has 2 aromatic carbocycles. The Labute approximate surface area is 124 Å². The highest BCUT2D eigenvalue weighted by molar-refractivity contribution is 5.55. The van der Waals surface area contributed by atoms with Gasteiger partial charge in [-0.05, 0) is 36.2 Å². The molecule has 0 spiro atoms. The van der Waals surface area contributed by atoms with Gasteiger partial charge in [0.15, 0.2) is 5.82 Å². The number of benzene rings is 2. The molecule has 0 saturated carbocycles. The molecule has 0 fully saturated rings. The Morgan fingerprint density at radius 2 is 1.76 bits per heavy atom. The quantitative estimate of drug-likeness (QED) is 0.720. The Balaban J connectivity index is 1.68. The second kappa shape index (κ2) is 6.22. The van der Waals surface area contributed by atoms with E-state index in [1.165, 1.54) is 5.56 Å². The van der Waals surface area contributed by atoms with Crippen LogP contribution in [-0.2, 0) is 13.0 Å². The molecule has 4 nitrogen and oxygen atoms in total. The first kappa shape index (κ1) is 13.4. The summed E-state index contributed by atoms with van der Waals surface area (Å²) < 4.78 is 7.03. The van der Waals surface area contributed by atoms with Gasteiger partial charge in [0, 0.05) is 12.1 Å². The van der Waals surface area contributed by atoms with E-state index in [1.807, 2.05) is 35.0 Å². The normalized spacial score (nSPS) is 10.5. The van der Waals surface area contributed by atoms with Crippen molar-refractivity contribution in [2.75, 3.05) is 7.11 Å². The summed E-state index contributed by atoms with van der Waals surface area (Å²) in [4.78, 5) is 4.37. The van der Waals surface area contributed by atoms with E-state index in [4.69, 9.17) is 4.74 Å². The van der Waals surface area contributed by atoms with Gasteiger partial charge in [-0.1, -0.05) is 30.3 Å². The third kappa shape index (κ3) is 3.28. The van der Waals surface area contributed by atoms with Gasteiger partial charge in [-0.2, -0.15) is 5.10 Å². The predicted molar refractivity (Wildman–Crippen MR) is 82.2 cm³/mol. The summed E-state index contributed by atoms with van der Waals surface area (Å²) >= 11 is 0. The first-order chi connectivity index (χ1) is 10.3. The predicted octanol–water partition coefficient (Wildman–Crippen LogP) is 3.20. The molecule has 0 amide bonds. The molecule has 4 heteroatoms. The molecule has 1 aromatic heterocycles. The number of hydrogen-bond acceptors (Lipinski definition) is 3. The third-order valence-electron chi connectivity index (χ3n) is 3.36. The topological polar surface area (TPSA) is 39.9 Å². The maximum Gasteiger partial charge on any atom is 0.181 e. The van der Waals surface area contributed by atoms with Gasteiger partial charge in [0.05, 0.1) is 7.11 Å². The SMILES string of the molecule is COc1ccc(-c2ncn(CCc3ccccc3)n2)cc1. The molecule has 0 unspecified atom stereocenters. The van der Waals surface area contributed by atoms with Crippen LogP contribution in [0.5, 0.6) is 5.75 Å². The van der Waals surface area contributed by atoms with Crippen molar-refractivity contribution in [1.82, 2.24) is 14.8 Å². The highest BCUT2D eigenvalue weighted by atomic mass is 16.5. The molecule has 0 aliphatic rings. The minimum Gasteiger partial charge on any atom is -0.497 e. The Bertz CT molecular complexity index is 690. The van der Waals surface area contributed by atoms with Crippen molar-refractivity contribution in [2.24, 2.45) is 0 Å². The van der Waals surface area contributed by atoms with Crippen molar-refractivity contribution in [3.63, 3.8) is 0 Å². The standard InChI is InChI=1S/C17H17N3O/c1-21-16-9-7-15(8-10-16)17-18-13-20(19-17)12-11-14-5-3-2-4-6-14/h2-10,13H,11-12H2,1H3. The molecule has 0 radical (unpaired) electrons. The Hall–Kier alpha value is -2.62. The number of aryl methyl sites for hydroxylation is 2. The van der Waals surface area contributed by atoms with E-state index in [-0.39, 0.29) is 0 Å². The molecule has 0 saturated heterocycles. The van der Waals surface area contributed by atoms with Gasteiger partial charge < -0.3 is 4.74 Å². The minimum absolute atomic E-state index is 0.741. The maximum atomic E-state index is 5.15. The molecule has 3 rings (SSSR count). The largest absolute Gasteiger partial charge is 0.497 e. The Morgan fingerprint density at radius 3 is 2.48 bits per heavy atom. The molecule has 0 aliphatic carbocycles. The average Bonchev–Trinajstić information content (AvgIpc) is 3.03. The van der Waals surface area contributed by atoms with E-state index in [1.54, 1.807) is 13.4 Å². The number of nitrogens with zero attached hydrogens (tertiary/aromatic N) is 3. The first-order valence-corrected chi connectivity index (χ1v) is 6.93. The Kier molecular flexibility index (Phi) is 3.96. The van der Waals surface area contributed by atoms with E-state index in [0.717, 1.165) is 30.1 Å². The van der Waals surface area contributed by atoms with Crippen LogP contribution in [0.15, 0.2) is 60.9 Å². The molecular weight excluding hydrogens is 262 g/mol. The summed E-state index contributed by atoms with van der Waals surface area (Å²) in [5, 5.41) is 4.52. The highest BCUT2D eigenvalue weighted by Gasteiger charge is 2.04. The first-order valence-electron chi connectivity index (χ1n) is 6.93. The molecule has 106 valence electrons. The number of hydrogen-bond donors (Lipinski definition) is 0. The summed E-state index contributed by atoms with van der Waals surface area (Å²) in [6, 6.07) is 18.2. The van der Waals surface area contributed by atoms with Crippen LogP contribution in [-0.4, -0.2) is 21.9 Å². The van der Waals surface area contributed by atoms with Crippen molar-refractivity contribution in [3.8, 4) is 17.1 Å². The number of ether oxygens (including phenoxy) is 1. The van der Waals surface area contributed by atoms with Gasteiger partial charge in [0.1, 0.15) is 12.1 Å². The molecule has 0 atom stereocenters. The zero-order valence-electron chi connectivity index (χ0n) is 11.9. The molecule has 0 N–H and O–H groups in total. The highest BCUT2D eigenvalue weighted by Crippen LogP contribution is 2.18. The lowest BCUT2D eigenvalue weighted by Crippen LogP contribution is -2.01. The van der Waals surface area contributed by atoms with Gasteiger partial charge in [-0.25, -0.2) is 4.98 Å². The lowest BCUT2D eigenvalue weighted by molar-refractivity contribution is 0.415. The summed E-state index contributed by atoms with van der Waals surface area (Å²) in [6.07, 6.45) is 2.73. The number of rotatable bonds is 5. The van der Waals surface area contributed by atoms with Crippen LogP contribution < -0.4 is 4.74 Å². The summed E-state index contributed by atoms with van der Waals surface area (Å²) in [6.45, 7) is 0.827. The summed E-state index contributed by atoms with van der Waals surface area (Å²) in [5.41, 5.74) is 2.30. The van der Waals surface area contributed by atoms with Crippen molar-refractivity contribution in [3.05, 3.63) is 66.5 Å². The number of methoxy groups -OCH3 is 1. The van der Waals surface area contributed by atoms with Crippen molar-refractivity contribution in [2.45, 2.75) is 13.0 Å². The van der Waals surface area contributed by atoms with Gasteiger partial charge in [-0.3, -0.25) is 4.68 Å². The smallest absolute Gasteiger partial charge is 0.181 e. The molecule has 1 heterocycles. The van der Waals surface area contributed by atoms with Crippen LogP contribution in [0.3, 0.4) is 0 Å². The summed E-state index contributed by atoms with van der Waals surface area (Å²) in [7, 11) is 1.66. The zero-order chi connectivity index (χ0) is 14.5. The van der Waals surface area contributed by atoms with Crippen LogP contribution in [0.2, 0.25) is 0 Å². The van der Waals surface area contributed by atoms with Gasteiger partial charge in [0.2, 0.25) is 0 Å². The van der Waals surface area contributed by atoms with Crippen LogP contribution >= 0.6 is 0 Å². The average molecular weight is 279 g/mol. The fraction of sp³-hybridized carbons (Fsp3) is 0.176. The van der Waals surface area contributed by atoms with E-state index in [2.05, 4.69) is 34.3 Å². The molecular formula is C17H17N3O. The van der Waals surface area contributed by atoms with Crippen LogP contribution in [0, 0.1) is 0 Å². The second-order valence-corrected chi connectivity index (χ2v) is 4.80. The number of aromatic nitrogens is 3. The monoisotopic (exact) mass is 279 g/mol.